The molecule has 20 atom stereocenters. The first kappa shape index (κ1) is 36.0. The van der Waals surface area contributed by atoms with Crippen molar-refractivity contribution in [3.05, 3.63) is 0 Å². The third kappa shape index (κ3) is 7.05. The highest BCUT2D eigenvalue weighted by Crippen LogP contribution is 2.34. The second-order valence-corrected chi connectivity index (χ2v) is 11.1. The molecule has 13 N–H and O–H groups in total. The Labute approximate surface area is 249 Å². The number of hydrogen-bond donors (Lipinski definition) is 13. The van der Waals surface area contributed by atoms with Crippen LogP contribution in [0.4, 0.5) is 0 Å². The lowest BCUT2D eigenvalue weighted by Crippen LogP contribution is -2.67. The Bertz CT molecular complexity index is 896. The maximum Gasteiger partial charge on any atom is 0.187 e. The van der Waals surface area contributed by atoms with Crippen LogP contribution in [0.25, 0.3) is 0 Å². The van der Waals surface area contributed by atoms with Crippen molar-refractivity contribution in [2.75, 3.05) is 19.8 Å². The molecule has 20 heteroatoms. The quantitative estimate of drug-likeness (QED) is 0.110. The van der Waals surface area contributed by atoms with Crippen LogP contribution in [0.15, 0.2) is 0 Å². The highest BCUT2D eigenvalue weighted by molar-refractivity contribution is 4.97. The molecule has 4 aliphatic rings. The van der Waals surface area contributed by atoms with Crippen molar-refractivity contribution in [1.82, 2.24) is 0 Å². The Morgan fingerprint density at radius 3 is 1.25 bits per heavy atom. The van der Waals surface area contributed by atoms with Crippen molar-refractivity contribution in [1.29, 1.82) is 0 Å². The van der Waals surface area contributed by atoms with Gasteiger partial charge in [0.2, 0.25) is 0 Å². The van der Waals surface area contributed by atoms with Crippen LogP contribution >= 0.6 is 0 Å². The fourth-order valence-corrected chi connectivity index (χ4v) is 5.46. The second kappa shape index (κ2) is 15.0. The summed E-state index contributed by atoms with van der Waals surface area (Å²) in [4.78, 5) is 0. The number of aliphatic hydroxyl groups excluding tert-OH is 13. The van der Waals surface area contributed by atoms with Gasteiger partial charge < -0.3 is 99.5 Å². The van der Waals surface area contributed by atoms with Gasteiger partial charge in [-0.1, -0.05) is 0 Å². The topological polar surface area (TPSA) is 328 Å². The van der Waals surface area contributed by atoms with Gasteiger partial charge in [-0.05, 0) is 6.92 Å². The summed E-state index contributed by atoms with van der Waals surface area (Å²) in [5.41, 5.74) is 0. The third-order valence-electron chi connectivity index (χ3n) is 8.17. The molecule has 0 spiro atoms. The van der Waals surface area contributed by atoms with E-state index in [1.165, 1.54) is 6.92 Å². The lowest BCUT2D eigenvalue weighted by Gasteiger charge is -2.49. The lowest BCUT2D eigenvalue weighted by molar-refractivity contribution is -0.393. The highest BCUT2D eigenvalue weighted by atomic mass is 16.8. The molecule has 44 heavy (non-hydrogen) atoms. The summed E-state index contributed by atoms with van der Waals surface area (Å²) >= 11 is 0. The van der Waals surface area contributed by atoms with E-state index in [0.29, 0.717) is 0 Å². The van der Waals surface area contributed by atoms with E-state index in [0.717, 1.165) is 0 Å². The molecule has 0 unspecified atom stereocenters. The van der Waals surface area contributed by atoms with Gasteiger partial charge in [0.15, 0.2) is 25.2 Å². The smallest absolute Gasteiger partial charge is 0.187 e. The molecule has 0 aliphatic carbocycles. The predicted octanol–water partition coefficient (Wildman–Crippen LogP) is -8.72. The van der Waals surface area contributed by atoms with E-state index in [-0.39, 0.29) is 0 Å². The van der Waals surface area contributed by atoms with Crippen LogP contribution in [0.2, 0.25) is 0 Å². The molecule has 258 valence electrons. The molecule has 0 amide bonds. The van der Waals surface area contributed by atoms with E-state index < -0.39 is 143 Å². The maximum atomic E-state index is 10.9. The number of rotatable bonds is 9. The zero-order chi connectivity index (χ0) is 32.6. The fourth-order valence-electron chi connectivity index (χ4n) is 5.46. The van der Waals surface area contributed by atoms with E-state index >= 15 is 0 Å². The molecular formula is C24H42O20. The van der Waals surface area contributed by atoms with Crippen LogP contribution < -0.4 is 0 Å². The molecular weight excluding hydrogens is 608 g/mol. The van der Waals surface area contributed by atoms with Gasteiger partial charge in [-0.3, -0.25) is 0 Å². The maximum absolute atomic E-state index is 10.9. The van der Waals surface area contributed by atoms with Crippen LogP contribution in [-0.2, 0) is 33.2 Å². The van der Waals surface area contributed by atoms with Gasteiger partial charge >= 0.3 is 0 Å². The monoisotopic (exact) mass is 650 g/mol. The predicted molar refractivity (Wildman–Crippen MR) is 132 cm³/mol. The Morgan fingerprint density at radius 2 is 0.795 bits per heavy atom. The molecule has 0 aromatic carbocycles. The first-order chi connectivity index (χ1) is 20.7. The molecule has 4 heterocycles. The van der Waals surface area contributed by atoms with E-state index in [9.17, 15) is 66.4 Å². The minimum Gasteiger partial charge on any atom is -0.394 e. The van der Waals surface area contributed by atoms with Crippen molar-refractivity contribution >= 4 is 0 Å². The van der Waals surface area contributed by atoms with Gasteiger partial charge in [-0.2, -0.15) is 0 Å². The Balaban J connectivity index is 1.50. The highest BCUT2D eigenvalue weighted by Gasteiger charge is 2.55. The van der Waals surface area contributed by atoms with E-state index in [2.05, 4.69) is 0 Å². The molecule has 4 aliphatic heterocycles. The summed E-state index contributed by atoms with van der Waals surface area (Å²) in [6.45, 7) is -1.10. The zero-order valence-corrected chi connectivity index (χ0v) is 23.3. The molecule has 0 radical (unpaired) electrons. The fraction of sp³-hybridized carbons (Fsp3) is 1.00. The third-order valence-corrected chi connectivity index (χ3v) is 8.17. The first-order valence-electron chi connectivity index (χ1n) is 14.0. The van der Waals surface area contributed by atoms with Gasteiger partial charge in [-0.25, -0.2) is 0 Å². The molecule has 4 saturated heterocycles. The minimum absolute atomic E-state index is 0.777. The van der Waals surface area contributed by atoms with Crippen LogP contribution in [0, 0.1) is 0 Å². The molecule has 4 fully saturated rings. The van der Waals surface area contributed by atoms with Crippen molar-refractivity contribution in [3.8, 4) is 0 Å². The summed E-state index contributed by atoms with van der Waals surface area (Å²) in [7, 11) is 0. The molecule has 0 saturated carbocycles. The summed E-state index contributed by atoms with van der Waals surface area (Å²) in [6, 6.07) is 0. The Kier molecular flexibility index (Phi) is 12.3. The molecule has 20 nitrogen and oxygen atoms in total. The van der Waals surface area contributed by atoms with Crippen LogP contribution in [-0.4, -0.2) is 209 Å². The lowest BCUT2D eigenvalue weighted by atomic mass is 9.96. The largest absolute Gasteiger partial charge is 0.394 e. The first-order valence-corrected chi connectivity index (χ1v) is 14.0. The second-order valence-electron chi connectivity index (χ2n) is 11.1. The van der Waals surface area contributed by atoms with Crippen molar-refractivity contribution in [2.45, 2.75) is 130 Å². The van der Waals surface area contributed by atoms with E-state index in [4.69, 9.17) is 33.2 Å². The molecule has 0 aromatic heterocycles. The average Bonchev–Trinajstić information content (AvgIpc) is 3.00. The Hall–Kier alpha value is -0.800. The van der Waals surface area contributed by atoms with Gasteiger partial charge in [0.25, 0.3) is 0 Å². The van der Waals surface area contributed by atoms with Crippen molar-refractivity contribution in [2.24, 2.45) is 0 Å². The summed E-state index contributed by atoms with van der Waals surface area (Å²) in [6.07, 6.45) is -34.3. The summed E-state index contributed by atoms with van der Waals surface area (Å²) in [5, 5.41) is 133. The van der Waals surface area contributed by atoms with Crippen LogP contribution in [0.5, 0.6) is 0 Å². The summed E-state index contributed by atoms with van der Waals surface area (Å²) in [5.74, 6) is 0. The van der Waals surface area contributed by atoms with Crippen molar-refractivity contribution in [3.63, 3.8) is 0 Å². The van der Waals surface area contributed by atoms with Gasteiger partial charge in [0, 0.05) is 0 Å². The molecule has 0 aromatic rings. The SMILES string of the molecule is C[C@H]1O[C@@H](O)[C@H](O[C@@H]2O[C@H](CO)[C@@H](O)[C@H](O)[C@H]2O)[C@@H](O[C@@H]2O[C@H](CO)[C@@H](O[C@@H]3O[C@H](CO)[C@@H](O)[C@H](O)[C@H]3O)[C@H](O)[C@H]2O)[C@H]1O. The summed E-state index contributed by atoms with van der Waals surface area (Å²) < 4.78 is 38.1. The molecule has 4 rings (SSSR count). The van der Waals surface area contributed by atoms with Crippen LogP contribution in [0.3, 0.4) is 0 Å². The minimum atomic E-state index is -2.01. The van der Waals surface area contributed by atoms with Gasteiger partial charge in [0.1, 0.15) is 91.6 Å². The zero-order valence-electron chi connectivity index (χ0n) is 23.3. The number of aliphatic hydroxyl groups is 13. The normalized spacial score (nSPS) is 53.9. The standard InChI is InChI=1S/C24H42O20/c1-5-9(28)19(20(21(37)38-5)44-23-16(35)13(32)11(30)7(3-26)40-23)43-24-17(36)14(33)18(8(4-27)41-24)42-22-15(34)12(31)10(29)6(2-25)39-22/h5-37H,2-4H2,1H3/t5-,6-,7-,8-,9+,10-,11-,12+,13+,14-,15-,16-,17-,18-,19+,20-,21-,22+,23+,24+/m1/s1. The Morgan fingerprint density at radius 1 is 0.409 bits per heavy atom. The average molecular weight is 651 g/mol. The van der Waals surface area contributed by atoms with Crippen LogP contribution in [0.1, 0.15) is 6.92 Å². The van der Waals surface area contributed by atoms with E-state index in [1.54, 1.807) is 0 Å². The van der Waals surface area contributed by atoms with Gasteiger partial charge in [-0.15, -0.1) is 0 Å². The van der Waals surface area contributed by atoms with E-state index in [1.807, 2.05) is 0 Å². The van der Waals surface area contributed by atoms with Gasteiger partial charge in [0.05, 0.1) is 25.9 Å². The van der Waals surface area contributed by atoms with Crippen molar-refractivity contribution < 1.29 is 99.5 Å². The number of ether oxygens (including phenoxy) is 7. The number of hydrogen-bond acceptors (Lipinski definition) is 20. The molecule has 0 bridgehead atoms.